The molecule has 24 heavy (non-hydrogen) atoms. The molecule has 1 aromatic rings. The van der Waals surface area contributed by atoms with Crippen LogP contribution in [0.3, 0.4) is 0 Å². The maximum absolute atomic E-state index is 12.6. The third kappa shape index (κ3) is 3.26. The lowest BCUT2D eigenvalue weighted by Crippen LogP contribution is -2.50. The molecule has 2 aliphatic heterocycles. The summed E-state index contributed by atoms with van der Waals surface area (Å²) in [4.78, 5) is 40.3. The number of hydrogen-bond donors (Lipinski definition) is 0. The van der Waals surface area contributed by atoms with E-state index in [0.29, 0.717) is 19.6 Å². The van der Waals surface area contributed by atoms with E-state index in [1.165, 1.54) is 12.0 Å². The highest BCUT2D eigenvalue weighted by Gasteiger charge is 2.36. The second-order valence-electron chi connectivity index (χ2n) is 5.86. The molecule has 2 amide bonds. The Morgan fingerprint density at radius 1 is 1.08 bits per heavy atom. The number of esters is 1. The molecule has 0 radical (unpaired) electrons. The zero-order chi connectivity index (χ0) is 17.1. The van der Waals surface area contributed by atoms with Gasteiger partial charge in [0.15, 0.2) is 0 Å². The molecular weight excluding hydrogens is 328 g/mol. The van der Waals surface area contributed by atoms with Crippen molar-refractivity contribution in [2.24, 2.45) is 0 Å². The highest BCUT2D eigenvalue weighted by molar-refractivity contribution is 7.99. The van der Waals surface area contributed by atoms with Gasteiger partial charge in [-0.3, -0.25) is 14.4 Å². The number of benzene rings is 1. The number of ether oxygens (including phenoxy) is 1. The Bertz CT molecular complexity index is 658. The fourth-order valence-electron chi connectivity index (χ4n) is 3.14. The predicted octanol–water partition coefficient (Wildman–Crippen LogP) is 0.861. The van der Waals surface area contributed by atoms with Crippen molar-refractivity contribution in [2.75, 3.05) is 38.2 Å². The van der Waals surface area contributed by atoms with Crippen LogP contribution in [0.1, 0.15) is 17.0 Å². The van der Waals surface area contributed by atoms with E-state index in [1.807, 2.05) is 24.3 Å². The van der Waals surface area contributed by atoms with Crippen LogP contribution in [-0.2, 0) is 25.7 Å². The molecule has 0 saturated carbocycles. The van der Waals surface area contributed by atoms with Gasteiger partial charge in [0.1, 0.15) is 0 Å². The summed E-state index contributed by atoms with van der Waals surface area (Å²) in [6.45, 7) is 1.72. The Morgan fingerprint density at radius 2 is 1.75 bits per heavy atom. The van der Waals surface area contributed by atoms with Crippen molar-refractivity contribution in [3.63, 3.8) is 0 Å². The van der Waals surface area contributed by atoms with E-state index in [1.54, 1.807) is 16.7 Å². The third-order valence-corrected chi connectivity index (χ3v) is 5.39. The topological polar surface area (TPSA) is 66.9 Å². The SMILES string of the molecule is COC(=O)C1CN(C(=O)C(=O)N2CCSCC2)Cc2ccccc21. The minimum absolute atomic E-state index is 0.177. The number of carbonyl (C=O) groups is 3. The molecule has 0 aromatic heterocycles. The van der Waals surface area contributed by atoms with Gasteiger partial charge in [-0.25, -0.2) is 0 Å². The standard InChI is InChI=1S/C17H20N2O4S/c1-23-17(22)14-11-19(10-12-4-2-3-5-13(12)14)16(21)15(20)18-6-8-24-9-7-18/h2-5,14H,6-11H2,1H3. The van der Waals surface area contributed by atoms with E-state index >= 15 is 0 Å². The van der Waals surface area contributed by atoms with Crippen LogP contribution in [0.25, 0.3) is 0 Å². The molecular formula is C17H20N2O4S. The van der Waals surface area contributed by atoms with Crippen LogP contribution < -0.4 is 0 Å². The summed E-state index contributed by atoms with van der Waals surface area (Å²) < 4.78 is 4.88. The summed E-state index contributed by atoms with van der Waals surface area (Å²) in [6, 6.07) is 7.49. The first-order valence-corrected chi connectivity index (χ1v) is 9.09. The van der Waals surface area contributed by atoms with E-state index in [4.69, 9.17) is 4.74 Å². The van der Waals surface area contributed by atoms with Gasteiger partial charge in [-0.05, 0) is 11.1 Å². The number of hydrogen-bond acceptors (Lipinski definition) is 5. The smallest absolute Gasteiger partial charge is 0.314 e. The Hall–Kier alpha value is -2.02. The zero-order valence-electron chi connectivity index (χ0n) is 13.6. The molecule has 2 heterocycles. The van der Waals surface area contributed by atoms with Crippen molar-refractivity contribution in [3.8, 4) is 0 Å². The van der Waals surface area contributed by atoms with E-state index in [-0.39, 0.29) is 12.5 Å². The summed E-state index contributed by atoms with van der Waals surface area (Å²) in [5.74, 6) is -0.238. The molecule has 0 bridgehead atoms. The summed E-state index contributed by atoms with van der Waals surface area (Å²) in [5, 5.41) is 0. The van der Waals surface area contributed by atoms with Gasteiger partial charge in [-0.1, -0.05) is 24.3 Å². The number of nitrogens with zero attached hydrogens (tertiary/aromatic N) is 2. The first-order valence-electron chi connectivity index (χ1n) is 7.93. The molecule has 2 aliphatic rings. The van der Waals surface area contributed by atoms with Gasteiger partial charge in [0, 0.05) is 37.7 Å². The van der Waals surface area contributed by atoms with Crippen LogP contribution >= 0.6 is 11.8 Å². The molecule has 6 nitrogen and oxygen atoms in total. The summed E-state index contributed by atoms with van der Waals surface area (Å²) in [6.07, 6.45) is 0. The molecule has 1 atom stereocenters. The number of thioether (sulfide) groups is 1. The van der Waals surface area contributed by atoms with Crippen LogP contribution in [0, 0.1) is 0 Å². The lowest BCUT2D eigenvalue weighted by molar-refractivity contribution is -0.154. The molecule has 1 fully saturated rings. The highest BCUT2D eigenvalue weighted by atomic mass is 32.2. The number of methoxy groups -OCH3 is 1. The second kappa shape index (κ2) is 7.25. The summed E-state index contributed by atoms with van der Waals surface area (Å²) in [5.41, 5.74) is 1.75. The Labute approximate surface area is 145 Å². The molecule has 128 valence electrons. The lowest BCUT2D eigenvalue weighted by Gasteiger charge is -2.34. The largest absolute Gasteiger partial charge is 0.468 e. The van der Waals surface area contributed by atoms with Crippen LogP contribution in [0.5, 0.6) is 0 Å². The quantitative estimate of drug-likeness (QED) is 0.556. The molecule has 0 N–H and O–H groups in total. The van der Waals surface area contributed by atoms with Gasteiger partial charge in [-0.2, -0.15) is 11.8 Å². The summed E-state index contributed by atoms with van der Waals surface area (Å²) in [7, 11) is 1.34. The molecule has 7 heteroatoms. The fraction of sp³-hybridized carbons (Fsp3) is 0.471. The van der Waals surface area contributed by atoms with Crippen LogP contribution in [0.15, 0.2) is 24.3 Å². The highest BCUT2D eigenvalue weighted by Crippen LogP contribution is 2.29. The van der Waals surface area contributed by atoms with Crippen molar-refractivity contribution >= 4 is 29.5 Å². The number of rotatable bonds is 1. The van der Waals surface area contributed by atoms with Gasteiger partial charge in [0.2, 0.25) is 0 Å². The number of carbonyl (C=O) groups excluding carboxylic acids is 3. The van der Waals surface area contributed by atoms with E-state index in [2.05, 4.69) is 0 Å². The Balaban J connectivity index is 1.80. The van der Waals surface area contributed by atoms with Gasteiger partial charge in [0.25, 0.3) is 0 Å². The van der Waals surface area contributed by atoms with Crippen molar-refractivity contribution in [1.82, 2.24) is 9.80 Å². The maximum Gasteiger partial charge on any atom is 0.314 e. The first kappa shape index (κ1) is 16.8. The average molecular weight is 348 g/mol. The maximum atomic E-state index is 12.6. The van der Waals surface area contributed by atoms with E-state index in [9.17, 15) is 14.4 Å². The summed E-state index contributed by atoms with van der Waals surface area (Å²) >= 11 is 1.78. The third-order valence-electron chi connectivity index (χ3n) is 4.45. The minimum atomic E-state index is -0.548. The van der Waals surface area contributed by atoms with E-state index < -0.39 is 17.7 Å². The molecule has 3 rings (SSSR count). The molecule has 1 unspecified atom stereocenters. The Kier molecular flexibility index (Phi) is 5.08. The van der Waals surface area contributed by atoms with Gasteiger partial charge in [0.05, 0.1) is 13.0 Å². The van der Waals surface area contributed by atoms with Gasteiger partial charge >= 0.3 is 17.8 Å². The van der Waals surface area contributed by atoms with Gasteiger partial charge < -0.3 is 14.5 Å². The molecule has 1 aromatic carbocycles. The normalized spacial score (nSPS) is 20.3. The number of fused-ring (bicyclic) bond motifs is 1. The molecule has 0 spiro atoms. The Morgan fingerprint density at radius 3 is 2.46 bits per heavy atom. The van der Waals surface area contributed by atoms with Crippen molar-refractivity contribution in [3.05, 3.63) is 35.4 Å². The predicted molar refractivity (Wildman–Crippen MR) is 90.5 cm³/mol. The van der Waals surface area contributed by atoms with Crippen LogP contribution in [-0.4, -0.2) is 65.8 Å². The van der Waals surface area contributed by atoms with Crippen LogP contribution in [0.2, 0.25) is 0 Å². The monoisotopic (exact) mass is 348 g/mol. The van der Waals surface area contributed by atoms with Crippen molar-refractivity contribution in [2.45, 2.75) is 12.5 Å². The van der Waals surface area contributed by atoms with E-state index in [0.717, 1.165) is 22.6 Å². The molecule has 0 aliphatic carbocycles. The average Bonchev–Trinajstić information content (AvgIpc) is 2.66. The van der Waals surface area contributed by atoms with Gasteiger partial charge in [-0.15, -0.1) is 0 Å². The molecule has 1 saturated heterocycles. The number of amides is 2. The zero-order valence-corrected chi connectivity index (χ0v) is 14.4. The first-order chi connectivity index (χ1) is 11.6. The fourth-order valence-corrected chi connectivity index (χ4v) is 4.05. The second-order valence-corrected chi connectivity index (χ2v) is 7.09. The minimum Gasteiger partial charge on any atom is -0.468 e. The van der Waals surface area contributed by atoms with Crippen LogP contribution in [0.4, 0.5) is 0 Å². The van der Waals surface area contributed by atoms with Crippen molar-refractivity contribution in [1.29, 1.82) is 0 Å². The van der Waals surface area contributed by atoms with Crippen molar-refractivity contribution < 1.29 is 19.1 Å². The lowest BCUT2D eigenvalue weighted by atomic mass is 9.89.